The summed E-state index contributed by atoms with van der Waals surface area (Å²) < 4.78 is 41.2. The smallest absolute Gasteiger partial charge is 0.223 e. The summed E-state index contributed by atoms with van der Waals surface area (Å²) in [5.41, 5.74) is 32.1. The van der Waals surface area contributed by atoms with Crippen LogP contribution in [0.15, 0.2) is 443 Å². The highest BCUT2D eigenvalue weighted by molar-refractivity contribution is 7.24. The number of aromatic nitrogens is 17. The molecule has 17 nitrogen and oxygen atoms in total. The van der Waals surface area contributed by atoms with Crippen molar-refractivity contribution in [3.63, 3.8) is 0 Å². The van der Waals surface area contributed by atoms with Crippen molar-refractivity contribution in [3.8, 4) is 113 Å². The highest BCUT2D eigenvalue weighted by atomic mass is 32.1. The molecule has 17 aromatic carbocycles. The fourth-order valence-electron chi connectivity index (χ4n) is 20.9. The Morgan fingerprint density at radius 3 is 0.907 bits per heavy atom. The van der Waals surface area contributed by atoms with Crippen LogP contribution < -0.4 is 0 Å². The summed E-state index contributed by atoms with van der Waals surface area (Å²) in [5.74, 6) is 0.181. The Balaban J connectivity index is 0.0000000962. The van der Waals surface area contributed by atoms with Crippen LogP contribution in [0.25, 0.3) is 283 Å². The maximum absolute atomic E-state index is 14.2. The zero-order chi connectivity index (χ0) is 99.1. The third-order valence-corrected chi connectivity index (χ3v) is 32.0. The average Bonchev–Trinajstić information content (AvgIpc) is 1.57. The lowest BCUT2D eigenvalue weighted by Crippen LogP contribution is -2.01. The minimum absolute atomic E-state index is 0.250. The van der Waals surface area contributed by atoms with Gasteiger partial charge in [-0.15, -0.1) is 0 Å². The van der Waals surface area contributed by atoms with Crippen molar-refractivity contribution in [1.82, 2.24) is 82.4 Å². The summed E-state index contributed by atoms with van der Waals surface area (Å²) >= 11 is 6.78. The highest BCUT2D eigenvalue weighted by Crippen LogP contribution is 2.47. The number of para-hydroxylation sites is 8. The van der Waals surface area contributed by atoms with Gasteiger partial charge in [-0.3, -0.25) is 22.6 Å². The third-order valence-electron chi connectivity index (χ3n) is 27.9. The zero-order valence-corrected chi connectivity index (χ0v) is 82.4. The molecule has 0 radical (unpaired) electrons. The molecule has 23 heteroatoms. The van der Waals surface area contributed by atoms with Gasteiger partial charge in [-0.1, -0.05) is 379 Å². The highest BCUT2D eigenvalue weighted by Gasteiger charge is 2.28. The van der Waals surface area contributed by atoms with Crippen molar-refractivity contribution >= 4 is 215 Å². The summed E-state index contributed by atoms with van der Waals surface area (Å²) in [5, 5.41) is 8.66. The average molecular weight is 2000 g/mol. The van der Waals surface area contributed by atoms with E-state index in [-0.39, 0.29) is 5.56 Å². The van der Waals surface area contributed by atoms with Crippen LogP contribution in [-0.4, -0.2) is 82.4 Å². The number of halogens is 2. The second kappa shape index (κ2) is 35.9. The number of fused-ring (bicyclic) bond motifs is 30. The number of hydrogen-bond acceptors (Lipinski definition) is 17. The van der Waals surface area contributed by atoms with Gasteiger partial charge < -0.3 is 0 Å². The maximum Gasteiger partial charge on any atom is 0.223 e. The van der Waals surface area contributed by atoms with Crippen molar-refractivity contribution in [1.29, 1.82) is 0 Å². The predicted octanol–water partition coefficient (Wildman–Crippen LogP) is 33.2. The first kappa shape index (κ1) is 87.4. The molecule has 0 aliphatic heterocycles. The lowest BCUT2D eigenvalue weighted by atomic mass is 10.0. The van der Waals surface area contributed by atoms with Gasteiger partial charge in [-0.25, -0.2) is 54.8 Å². The van der Waals surface area contributed by atoms with Gasteiger partial charge in [-0.05, 0) is 146 Å². The number of pyridine rings is 6. The molecule has 0 N–H and O–H groups in total. The van der Waals surface area contributed by atoms with Crippen LogP contribution in [0.1, 0.15) is 0 Å². The summed E-state index contributed by atoms with van der Waals surface area (Å²) in [4.78, 5) is 67.8. The van der Waals surface area contributed by atoms with E-state index in [0.717, 1.165) is 224 Å². The summed E-state index contributed by atoms with van der Waals surface area (Å²) in [6.45, 7) is 0. The topological polar surface area (TPSA) is 185 Å². The first-order chi connectivity index (χ1) is 74.2. The molecule has 32 aromatic rings. The van der Waals surface area contributed by atoms with Gasteiger partial charge in [0, 0.05) is 78.4 Å². The third kappa shape index (κ3) is 14.9. The van der Waals surface area contributed by atoms with Crippen LogP contribution >= 0.6 is 45.3 Å². The molecule has 32 rings (SSSR count). The van der Waals surface area contributed by atoms with Gasteiger partial charge in [0.05, 0.1) is 85.7 Å². The van der Waals surface area contributed by atoms with Crippen LogP contribution in [0.4, 0.5) is 8.78 Å². The van der Waals surface area contributed by atoms with E-state index in [1.165, 1.54) is 42.3 Å². The second-order valence-electron chi connectivity index (χ2n) is 36.6. The summed E-state index contributed by atoms with van der Waals surface area (Å²) in [7, 11) is 0. The Morgan fingerprint density at radius 1 is 0.200 bits per heavy atom. The number of rotatable bonds is 10. The van der Waals surface area contributed by atoms with E-state index in [0.29, 0.717) is 23.0 Å². The number of nitrogens with zero attached hydrogens (tertiary/aromatic N) is 17. The van der Waals surface area contributed by atoms with Crippen molar-refractivity contribution in [2.45, 2.75) is 0 Å². The van der Waals surface area contributed by atoms with E-state index in [4.69, 9.17) is 54.8 Å². The van der Waals surface area contributed by atoms with Gasteiger partial charge in [0.1, 0.15) is 44.1 Å². The Hall–Kier alpha value is -19.2. The maximum atomic E-state index is 14.2. The Bertz CT molecular complexity index is 10700. The lowest BCUT2D eigenvalue weighted by molar-refractivity contribution is 0.515. The van der Waals surface area contributed by atoms with Gasteiger partial charge >= 0.3 is 0 Å². The van der Waals surface area contributed by atoms with Crippen molar-refractivity contribution in [2.75, 3.05) is 0 Å². The van der Waals surface area contributed by atoms with Crippen LogP contribution in [-0.2, 0) is 0 Å². The molecule has 0 saturated heterocycles. The predicted molar refractivity (Wildman–Crippen MR) is 612 cm³/mol. The minimum atomic E-state index is -0.839. The zero-order valence-electron chi connectivity index (χ0n) is 79.1. The van der Waals surface area contributed by atoms with Crippen molar-refractivity contribution in [2.24, 2.45) is 0 Å². The van der Waals surface area contributed by atoms with E-state index >= 15 is 0 Å². The SMILES string of the molecule is Fc1ccc(-c2ccc(-c3nc4ccccc4c4nc5sc6ccccc6n5c34)cc2)c(F)n1.c1cc(-c2nc(-c3cccc4ccccc34)nc(-c3cccc4ccccc34)n2)cc(-c2nc3ccccc3c3nc4sc5ccccc5n4c23)c1.c1ccc(-c2ccc(-c3nc4ccccc4c4nc5sc6ccccc6n5c34)cc2)cc1.c1cncc(-c2ccc(-c3nc4ccccc4c4nc5sc6ccccc6n5c34)cc2)c1. The molecule has 0 spiro atoms. The molecule has 15 heterocycles. The first-order valence-corrected chi connectivity index (χ1v) is 52.2. The minimum Gasteiger partial charge on any atom is -0.281 e. The van der Waals surface area contributed by atoms with Crippen LogP contribution in [0.2, 0.25) is 0 Å². The molecule has 150 heavy (non-hydrogen) atoms. The van der Waals surface area contributed by atoms with E-state index in [9.17, 15) is 8.78 Å². The van der Waals surface area contributed by atoms with Crippen LogP contribution in [0.5, 0.6) is 0 Å². The summed E-state index contributed by atoms with van der Waals surface area (Å²) in [6.07, 6.45) is 3.68. The molecular weight excluding hydrogens is 1930 g/mol. The fraction of sp³-hybridized carbons (Fsp3) is 0. The second-order valence-corrected chi connectivity index (χ2v) is 40.7. The van der Waals surface area contributed by atoms with Gasteiger partial charge in [0.15, 0.2) is 37.3 Å². The van der Waals surface area contributed by atoms with Crippen molar-refractivity contribution in [3.05, 3.63) is 455 Å². The molecule has 15 aromatic heterocycles. The molecule has 0 atom stereocenters. The molecule has 0 fully saturated rings. The number of imidazole rings is 4. The van der Waals surface area contributed by atoms with E-state index in [1.54, 1.807) is 63.7 Å². The van der Waals surface area contributed by atoms with Gasteiger partial charge in [0.25, 0.3) is 0 Å². The molecule has 0 bridgehead atoms. The number of hydrogen-bond donors (Lipinski definition) is 0. The Labute approximate surface area is 867 Å². The molecular formula is C127H73F2N17S4. The molecule has 0 unspecified atom stereocenters. The first-order valence-electron chi connectivity index (χ1n) is 48.9. The fourth-order valence-corrected chi connectivity index (χ4v) is 25.0. The molecule has 704 valence electrons. The van der Waals surface area contributed by atoms with Gasteiger partial charge in [-0.2, -0.15) is 13.8 Å². The molecule has 0 saturated carbocycles. The monoisotopic (exact) mass is 2000 g/mol. The lowest BCUT2D eigenvalue weighted by Gasteiger charge is -2.12. The van der Waals surface area contributed by atoms with E-state index in [2.05, 4.69) is 355 Å². The van der Waals surface area contributed by atoms with E-state index < -0.39 is 11.9 Å². The van der Waals surface area contributed by atoms with Crippen LogP contribution in [0, 0.1) is 11.9 Å². The normalized spacial score (nSPS) is 11.8. The quantitative estimate of drug-likeness (QED) is 0.118. The Kier molecular flexibility index (Phi) is 20.9. The van der Waals surface area contributed by atoms with Crippen molar-refractivity contribution < 1.29 is 8.78 Å². The standard InChI is InChI=1S/C45H26N6S.C28H17N3S.C27H14F2N4S.C27H16N4S/c1-3-18-31-27(12-1)14-10-21-33(31)43-48-42(49-44(50-43)34-22-11-15-28-13-2-4-19-32(28)34)30-17-9-16-29(26-30)39-41-40(35-20-5-6-23-36(35)46-39)47-45-51(41)37-24-7-8-25-38(37)52-45;1-2-8-18(9-3-1)19-14-16-20(17-15-19)25-27-26(21-10-4-5-11-22(21)29-25)30-28-31(27)23-12-6-7-13-24(23)32-28;28-22-14-13-17(26(29)31-22)15-9-11-16(12-10-15)23-25-24(18-5-1-2-6-19(18)30-23)32-27-33(25)20-7-3-4-8-21(20)34-27;1-2-8-21-20(7-1)25-26(31-22-9-3-4-10-23(22)32-27(31)30-25)24(29-21)18-13-11-17(12-14-18)19-6-5-15-28-16-19/h1-26H;1-17H;1-14H;1-16H. The summed E-state index contributed by atoms with van der Waals surface area (Å²) in [6, 6.07) is 146. The Morgan fingerprint density at radius 2 is 0.507 bits per heavy atom. The largest absolute Gasteiger partial charge is 0.281 e. The number of benzene rings is 17. The molecule has 0 aliphatic rings. The molecule has 0 amide bonds. The number of thiazole rings is 4. The van der Waals surface area contributed by atoms with Crippen LogP contribution in [0.3, 0.4) is 0 Å². The molecule has 0 aliphatic carbocycles. The van der Waals surface area contributed by atoms with Gasteiger partial charge in [0.2, 0.25) is 11.9 Å². The van der Waals surface area contributed by atoms with E-state index in [1.807, 2.05) is 85.1 Å².